The topological polar surface area (TPSA) is 32.3 Å². The number of aliphatic hydroxyl groups excluding tert-OH is 1. The number of nitrogens with one attached hydrogen (secondary N) is 1. The second-order valence-electron chi connectivity index (χ2n) is 1.93. The van der Waals surface area contributed by atoms with E-state index in [0.29, 0.717) is 0 Å². The average Bonchev–Trinajstić information content (AvgIpc) is 1.81. The van der Waals surface area contributed by atoms with Crippen molar-refractivity contribution >= 4 is 0 Å². The largest absolute Gasteiger partial charge is 0.457 e. The minimum absolute atomic E-state index is 0.260. The second kappa shape index (κ2) is 3.78. The van der Waals surface area contributed by atoms with Gasteiger partial charge in [-0.25, -0.2) is 5.32 Å². The Labute approximate surface area is 57.0 Å². The zero-order valence-corrected chi connectivity index (χ0v) is 5.57. The van der Waals surface area contributed by atoms with E-state index in [2.05, 4.69) is 0 Å². The third-order valence-corrected chi connectivity index (χ3v) is 1.08. The summed E-state index contributed by atoms with van der Waals surface area (Å²) >= 11 is 0. The van der Waals surface area contributed by atoms with Crippen molar-refractivity contribution in [2.45, 2.75) is 25.7 Å². The fourth-order valence-corrected chi connectivity index (χ4v) is 0.508. The summed E-state index contributed by atoms with van der Waals surface area (Å²) in [6, 6.07) is -0.875. The van der Waals surface area contributed by atoms with E-state index in [1.54, 1.807) is 6.92 Å². The Kier molecular flexibility index (Phi) is 3.67. The second-order valence-corrected chi connectivity index (χ2v) is 1.93. The summed E-state index contributed by atoms with van der Waals surface area (Å²) in [4.78, 5) is 0. The molecule has 0 aromatic carbocycles. The maximum absolute atomic E-state index is 11.5. The lowest BCUT2D eigenvalue weighted by molar-refractivity contribution is -0.166. The van der Waals surface area contributed by atoms with Gasteiger partial charge < -0.3 is 5.11 Å². The molecular formula is C5H10F3NO. The Bertz CT molecular complexity index is 89.4. The molecule has 1 atom stereocenters. The van der Waals surface area contributed by atoms with Crippen molar-refractivity contribution < 1.29 is 18.3 Å². The van der Waals surface area contributed by atoms with Crippen molar-refractivity contribution in [3.63, 3.8) is 0 Å². The molecule has 2 N–H and O–H groups in total. The summed E-state index contributed by atoms with van der Waals surface area (Å²) in [7, 11) is 0. The number of hydrogen-bond acceptors (Lipinski definition) is 2. The van der Waals surface area contributed by atoms with E-state index < -0.39 is 18.9 Å². The molecule has 0 spiro atoms. The summed E-state index contributed by atoms with van der Waals surface area (Å²) in [5.74, 6) is 0. The molecule has 0 rings (SSSR count). The minimum Gasteiger partial charge on any atom is -0.395 e. The molecule has 0 radical (unpaired) electrons. The molecule has 0 aliphatic carbocycles. The van der Waals surface area contributed by atoms with Crippen molar-refractivity contribution in [2.24, 2.45) is 0 Å². The van der Waals surface area contributed by atoms with Crippen LogP contribution >= 0.6 is 0 Å². The van der Waals surface area contributed by atoms with Gasteiger partial charge in [0.2, 0.25) is 0 Å². The first kappa shape index (κ1) is 9.71. The third-order valence-electron chi connectivity index (χ3n) is 1.08. The van der Waals surface area contributed by atoms with E-state index in [1.165, 1.54) is 5.32 Å². The summed E-state index contributed by atoms with van der Waals surface area (Å²) < 4.78 is 34.4. The molecular weight excluding hydrogens is 147 g/mol. The van der Waals surface area contributed by atoms with Gasteiger partial charge >= 0.3 is 6.30 Å². The number of hydrogen-bond donors (Lipinski definition) is 2. The van der Waals surface area contributed by atoms with Gasteiger partial charge in [-0.3, -0.25) is 0 Å². The SMILES string of the molecule is CCC(CO)NC(F)(F)F. The van der Waals surface area contributed by atoms with Crippen LogP contribution in [0.5, 0.6) is 0 Å². The zero-order chi connectivity index (χ0) is 8.20. The molecule has 1 unspecified atom stereocenters. The van der Waals surface area contributed by atoms with Crippen LogP contribution < -0.4 is 5.32 Å². The van der Waals surface area contributed by atoms with E-state index >= 15 is 0 Å². The van der Waals surface area contributed by atoms with Gasteiger partial charge in [0.15, 0.2) is 0 Å². The summed E-state index contributed by atoms with van der Waals surface area (Å²) in [6.07, 6.45) is -4.13. The van der Waals surface area contributed by atoms with Crippen molar-refractivity contribution in [2.75, 3.05) is 6.61 Å². The first-order valence-corrected chi connectivity index (χ1v) is 2.95. The van der Waals surface area contributed by atoms with E-state index in [-0.39, 0.29) is 6.42 Å². The lowest BCUT2D eigenvalue weighted by Crippen LogP contribution is -2.42. The predicted molar refractivity (Wildman–Crippen MR) is 30.4 cm³/mol. The monoisotopic (exact) mass is 157 g/mol. The van der Waals surface area contributed by atoms with Crippen molar-refractivity contribution in [3.8, 4) is 0 Å². The molecule has 0 fully saturated rings. The van der Waals surface area contributed by atoms with Gasteiger partial charge in [0, 0.05) is 6.04 Å². The minimum atomic E-state index is -4.39. The molecule has 2 nitrogen and oxygen atoms in total. The van der Waals surface area contributed by atoms with E-state index in [0.717, 1.165) is 0 Å². The molecule has 62 valence electrons. The molecule has 0 aromatic heterocycles. The highest BCUT2D eigenvalue weighted by molar-refractivity contribution is 4.63. The van der Waals surface area contributed by atoms with Crippen LogP contribution in [0, 0.1) is 0 Å². The third kappa shape index (κ3) is 4.58. The highest BCUT2D eigenvalue weighted by Crippen LogP contribution is 2.11. The lowest BCUT2D eigenvalue weighted by Gasteiger charge is -2.15. The van der Waals surface area contributed by atoms with E-state index in [9.17, 15) is 13.2 Å². The lowest BCUT2D eigenvalue weighted by atomic mass is 10.2. The van der Waals surface area contributed by atoms with Crippen LogP contribution in [0.4, 0.5) is 13.2 Å². The maximum Gasteiger partial charge on any atom is 0.457 e. The molecule has 0 heterocycles. The summed E-state index contributed by atoms with van der Waals surface area (Å²) in [5.41, 5.74) is 0. The summed E-state index contributed by atoms with van der Waals surface area (Å²) in [6.45, 7) is 1.08. The Balaban J connectivity index is 3.63. The standard InChI is InChI=1S/C5H10F3NO/c1-2-4(3-10)9-5(6,7)8/h4,9-10H,2-3H2,1H3. The van der Waals surface area contributed by atoms with E-state index in [4.69, 9.17) is 5.11 Å². The molecule has 10 heavy (non-hydrogen) atoms. The zero-order valence-electron chi connectivity index (χ0n) is 5.57. The van der Waals surface area contributed by atoms with Gasteiger partial charge in [-0.05, 0) is 6.42 Å². The first-order valence-electron chi connectivity index (χ1n) is 2.95. The van der Waals surface area contributed by atoms with Crippen LogP contribution in [-0.4, -0.2) is 24.1 Å². The molecule has 0 amide bonds. The Hall–Kier alpha value is -0.290. The van der Waals surface area contributed by atoms with Crippen LogP contribution in [0.1, 0.15) is 13.3 Å². The smallest absolute Gasteiger partial charge is 0.395 e. The van der Waals surface area contributed by atoms with Gasteiger partial charge in [-0.2, -0.15) is 13.2 Å². The number of aliphatic hydroxyl groups is 1. The van der Waals surface area contributed by atoms with Gasteiger partial charge in [0.25, 0.3) is 0 Å². The molecule has 0 aliphatic heterocycles. The fourth-order valence-electron chi connectivity index (χ4n) is 0.508. The quantitative estimate of drug-likeness (QED) is 0.595. The first-order chi connectivity index (χ1) is 4.49. The van der Waals surface area contributed by atoms with Crippen LogP contribution in [-0.2, 0) is 0 Å². The Morgan fingerprint density at radius 1 is 1.50 bits per heavy atom. The van der Waals surface area contributed by atoms with Gasteiger partial charge in [-0.1, -0.05) is 6.92 Å². The average molecular weight is 157 g/mol. The van der Waals surface area contributed by atoms with Crippen molar-refractivity contribution in [1.29, 1.82) is 0 Å². The van der Waals surface area contributed by atoms with Crippen LogP contribution in [0.25, 0.3) is 0 Å². The molecule has 0 aliphatic rings. The highest BCUT2D eigenvalue weighted by atomic mass is 19.4. The predicted octanol–water partition coefficient (Wildman–Crippen LogP) is 0.867. The molecule has 0 bridgehead atoms. The number of alkyl halides is 3. The van der Waals surface area contributed by atoms with Crippen LogP contribution in [0.2, 0.25) is 0 Å². The van der Waals surface area contributed by atoms with Crippen molar-refractivity contribution in [1.82, 2.24) is 5.32 Å². The van der Waals surface area contributed by atoms with Gasteiger partial charge in [0.1, 0.15) is 0 Å². The molecule has 0 saturated carbocycles. The van der Waals surface area contributed by atoms with Gasteiger partial charge in [-0.15, -0.1) is 0 Å². The van der Waals surface area contributed by atoms with Crippen LogP contribution in [0.15, 0.2) is 0 Å². The fraction of sp³-hybridized carbons (Fsp3) is 1.00. The number of rotatable bonds is 3. The molecule has 5 heteroatoms. The van der Waals surface area contributed by atoms with Gasteiger partial charge in [0.05, 0.1) is 6.61 Å². The Morgan fingerprint density at radius 2 is 2.00 bits per heavy atom. The molecule has 0 aromatic rings. The Morgan fingerprint density at radius 3 is 2.10 bits per heavy atom. The molecule has 0 saturated heterocycles. The normalized spacial score (nSPS) is 15.3. The highest BCUT2D eigenvalue weighted by Gasteiger charge is 2.29. The van der Waals surface area contributed by atoms with Crippen molar-refractivity contribution in [3.05, 3.63) is 0 Å². The number of halogens is 3. The van der Waals surface area contributed by atoms with Crippen LogP contribution in [0.3, 0.4) is 0 Å². The maximum atomic E-state index is 11.5. The summed E-state index contributed by atoms with van der Waals surface area (Å²) in [5, 5.41) is 9.63. The van der Waals surface area contributed by atoms with E-state index in [1.807, 2.05) is 0 Å².